The molecule has 1 atom stereocenters. The Morgan fingerprint density at radius 2 is 2.00 bits per heavy atom. The van der Waals surface area contributed by atoms with Crippen molar-refractivity contribution in [2.45, 2.75) is 19.1 Å². The summed E-state index contributed by atoms with van der Waals surface area (Å²) >= 11 is 0. The molecule has 1 aliphatic rings. The summed E-state index contributed by atoms with van der Waals surface area (Å²) in [4.78, 5) is 28.4. The van der Waals surface area contributed by atoms with Gasteiger partial charge in [-0.2, -0.15) is 4.98 Å². The summed E-state index contributed by atoms with van der Waals surface area (Å²) in [6, 6.07) is 0.253. The number of fused-ring (bicyclic) bond motifs is 1. The van der Waals surface area contributed by atoms with Gasteiger partial charge < -0.3 is 9.47 Å². The van der Waals surface area contributed by atoms with Gasteiger partial charge in [-0.05, 0) is 12.5 Å². The van der Waals surface area contributed by atoms with Gasteiger partial charge in [-0.3, -0.25) is 18.5 Å². The molecule has 2 aromatic heterocycles. The van der Waals surface area contributed by atoms with Crippen LogP contribution in [0.15, 0.2) is 21.9 Å². The Kier molecular flexibility index (Phi) is 3.08. The highest BCUT2D eigenvalue weighted by molar-refractivity contribution is 5.71. The molecule has 0 saturated carbocycles. The van der Waals surface area contributed by atoms with Gasteiger partial charge in [-0.1, -0.05) is 0 Å². The van der Waals surface area contributed by atoms with Crippen LogP contribution in [0.3, 0.4) is 0 Å². The zero-order valence-corrected chi connectivity index (χ0v) is 12.1. The first-order valence-corrected chi connectivity index (χ1v) is 6.60. The molecule has 0 bridgehead atoms. The molecule has 0 fully saturated rings. The van der Waals surface area contributed by atoms with Gasteiger partial charge in [0.1, 0.15) is 0 Å². The Hall–Kier alpha value is -2.51. The topological polar surface area (TPSA) is 80.3 Å². The summed E-state index contributed by atoms with van der Waals surface area (Å²) in [5, 5.41) is 0. The fourth-order valence-electron chi connectivity index (χ4n) is 2.32. The lowest BCUT2D eigenvalue weighted by molar-refractivity contribution is -0.0485. The molecule has 1 aliphatic heterocycles. The van der Waals surface area contributed by atoms with Crippen LogP contribution in [0, 0.1) is 0 Å². The average molecular weight is 292 g/mol. The van der Waals surface area contributed by atoms with E-state index >= 15 is 0 Å². The number of rotatable bonds is 2. The largest absolute Gasteiger partial charge is 0.463 e. The predicted molar refractivity (Wildman–Crippen MR) is 75.1 cm³/mol. The van der Waals surface area contributed by atoms with Crippen molar-refractivity contribution >= 4 is 11.2 Å². The summed E-state index contributed by atoms with van der Waals surface area (Å²) in [6.45, 7) is 0. The number of hydrogen-bond acceptors (Lipinski definition) is 5. The Balaban J connectivity index is 2.14. The van der Waals surface area contributed by atoms with Crippen molar-refractivity contribution < 1.29 is 9.47 Å². The van der Waals surface area contributed by atoms with Crippen LogP contribution in [0.2, 0.25) is 0 Å². The quantitative estimate of drug-likeness (QED) is 0.778. The monoisotopic (exact) mass is 292 g/mol. The number of aryl methyl sites for hydroxylation is 2. The maximum Gasteiger partial charge on any atom is 0.332 e. The number of allylic oxidation sites excluding steroid dienone is 1. The van der Waals surface area contributed by atoms with E-state index in [4.69, 9.17) is 9.47 Å². The third-order valence-electron chi connectivity index (χ3n) is 3.57. The van der Waals surface area contributed by atoms with Gasteiger partial charge in [0.15, 0.2) is 11.2 Å². The molecule has 0 amide bonds. The number of imidazole rings is 1. The summed E-state index contributed by atoms with van der Waals surface area (Å²) in [5.74, 6) is 0. The van der Waals surface area contributed by atoms with E-state index < -0.39 is 17.5 Å². The first kappa shape index (κ1) is 13.5. The molecule has 0 aliphatic carbocycles. The van der Waals surface area contributed by atoms with E-state index in [2.05, 4.69) is 4.98 Å². The van der Waals surface area contributed by atoms with Crippen molar-refractivity contribution in [1.82, 2.24) is 18.7 Å². The Labute approximate surface area is 119 Å². The first-order chi connectivity index (χ1) is 10.0. The Morgan fingerprint density at radius 3 is 2.67 bits per heavy atom. The van der Waals surface area contributed by atoms with E-state index in [1.807, 2.05) is 6.08 Å². The minimum absolute atomic E-state index is 0.253. The van der Waals surface area contributed by atoms with Crippen LogP contribution in [0.1, 0.15) is 12.8 Å². The van der Waals surface area contributed by atoms with Gasteiger partial charge in [-0.15, -0.1) is 0 Å². The van der Waals surface area contributed by atoms with E-state index in [1.54, 1.807) is 24.9 Å². The molecule has 2 aromatic rings. The van der Waals surface area contributed by atoms with Gasteiger partial charge in [-0.25, -0.2) is 4.79 Å². The molecule has 0 spiro atoms. The van der Waals surface area contributed by atoms with Gasteiger partial charge >= 0.3 is 11.7 Å². The number of ether oxygens (including phenoxy) is 2. The molecule has 112 valence electrons. The summed E-state index contributed by atoms with van der Waals surface area (Å²) in [7, 11) is 4.68. The van der Waals surface area contributed by atoms with Crippen LogP contribution in [0.5, 0.6) is 6.01 Å². The highest BCUT2D eigenvalue weighted by Crippen LogP contribution is 2.19. The van der Waals surface area contributed by atoms with Crippen LogP contribution in [-0.4, -0.2) is 25.0 Å². The smallest absolute Gasteiger partial charge is 0.332 e. The predicted octanol–water partition coefficient (Wildman–Crippen LogP) is -0.000300. The molecule has 8 nitrogen and oxygen atoms in total. The fraction of sp³-hybridized carbons (Fsp3) is 0.462. The second-order valence-electron chi connectivity index (χ2n) is 4.96. The number of hydrogen-bond donors (Lipinski definition) is 0. The zero-order chi connectivity index (χ0) is 15.1. The first-order valence-electron chi connectivity index (χ1n) is 6.60. The van der Waals surface area contributed by atoms with Crippen molar-refractivity contribution in [2.75, 3.05) is 0 Å². The van der Waals surface area contributed by atoms with E-state index in [9.17, 15) is 9.59 Å². The van der Waals surface area contributed by atoms with Crippen molar-refractivity contribution in [3.05, 3.63) is 33.2 Å². The standard InChI is InChI=1S/C13H16N4O4/c1-15-9-10(16(2)13(19)17(3)11(9)18)14-12(15)21-8-6-4-5-7-20-8/h5,7-8H,4,6H2,1-3H3/t8-/m1/s1. The van der Waals surface area contributed by atoms with Crippen LogP contribution < -0.4 is 16.0 Å². The minimum Gasteiger partial charge on any atom is -0.463 e. The third-order valence-corrected chi connectivity index (χ3v) is 3.57. The fourth-order valence-corrected chi connectivity index (χ4v) is 2.32. The maximum atomic E-state index is 12.2. The highest BCUT2D eigenvalue weighted by atomic mass is 16.7. The van der Waals surface area contributed by atoms with Crippen molar-refractivity contribution in [1.29, 1.82) is 0 Å². The molecule has 0 radical (unpaired) electrons. The van der Waals surface area contributed by atoms with Crippen molar-refractivity contribution in [2.24, 2.45) is 21.1 Å². The van der Waals surface area contributed by atoms with Crippen LogP contribution in [-0.2, 0) is 25.9 Å². The molecule has 0 aromatic carbocycles. The molecular weight excluding hydrogens is 276 g/mol. The third kappa shape index (κ3) is 2.03. The van der Waals surface area contributed by atoms with Gasteiger partial charge in [0.25, 0.3) is 5.56 Å². The number of aromatic nitrogens is 4. The van der Waals surface area contributed by atoms with E-state index in [0.717, 1.165) is 11.0 Å². The second-order valence-corrected chi connectivity index (χ2v) is 4.96. The normalized spacial score (nSPS) is 18.0. The SMILES string of the molecule is Cn1c(=O)c2c(nc(O[C@@H]3CCC=CO3)n2C)n(C)c1=O. The molecule has 3 heterocycles. The maximum absolute atomic E-state index is 12.2. The zero-order valence-electron chi connectivity index (χ0n) is 12.1. The molecule has 3 rings (SSSR count). The molecule has 0 unspecified atom stereocenters. The molecule has 8 heteroatoms. The Bertz CT molecular complexity index is 842. The van der Waals surface area contributed by atoms with Crippen LogP contribution in [0.25, 0.3) is 11.2 Å². The highest BCUT2D eigenvalue weighted by Gasteiger charge is 2.21. The van der Waals surface area contributed by atoms with Gasteiger partial charge in [0.05, 0.1) is 6.26 Å². The lowest BCUT2D eigenvalue weighted by Gasteiger charge is -2.19. The summed E-state index contributed by atoms with van der Waals surface area (Å²) in [5.41, 5.74) is -0.204. The minimum atomic E-state index is -0.439. The van der Waals surface area contributed by atoms with Gasteiger partial charge in [0.2, 0.25) is 6.29 Å². The van der Waals surface area contributed by atoms with Crippen molar-refractivity contribution in [3.63, 3.8) is 0 Å². The molecule has 21 heavy (non-hydrogen) atoms. The van der Waals surface area contributed by atoms with Crippen molar-refractivity contribution in [3.8, 4) is 6.01 Å². The molecule has 0 saturated heterocycles. The molecule has 0 N–H and O–H groups in total. The Morgan fingerprint density at radius 1 is 1.24 bits per heavy atom. The number of nitrogens with zero attached hydrogens (tertiary/aromatic N) is 4. The van der Waals surface area contributed by atoms with Crippen LogP contribution in [0.4, 0.5) is 0 Å². The second kappa shape index (κ2) is 4.80. The lowest BCUT2D eigenvalue weighted by Crippen LogP contribution is -2.37. The average Bonchev–Trinajstić information content (AvgIpc) is 2.81. The van der Waals surface area contributed by atoms with Crippen LogP contribution >= 0.6 is 0 Å². The van der Waals surface area contributed by atoms with Gasteiger partial charge in [0, 0.05) is 27.6 Å². The lowest BCUT2D eigenvalue weighted by atomic mass is 10.3. The molecular formula is C13H16N4O4. The van der Waals surface area contributed by atoms with E-state index in [1.165, 1.54) is 11.6 Å². The van der Waals surface area contributed by atoms with E-state index in [0.29, 0.717) is 17.6 Å². The summed E-state index contributed by atoms with van der Waals surface area (Å²) in [6.07, 6.45) is 4.62. The van der Waals surface area contributed by atoms with E-state index in [-0.39, 0.29) is 6.01 Å². The summed E-state index contributed by atoms with van der Waals surface area (Å²) < 4.78 is 14.9.